The fourth-order valence-corrected chi connectivity index (χ4v) is 6.02. The molecular weight excluding hydrogens is 501 g/mol. The van der Waals surface area contributed by atoms with E-state index in [0.29, 0.717) is 42.1 Å². The smallest absolute Gasteiger partial charge is 0.164 e. The van der Waals surface area contributed by atoms with E-state index in [-0.39, 0.29) is 6.54 Å². The van der Waals surface area contributed by atoms with Gasteiger partial charge in [-0.3, -0.25) is 4.68 Å². The van der Waals surface area contributed by atoms with Crippen LogP contribution in [0.15, 0.2) is 49.1 Å². The number of rotatable bonds is 9. The molecule has 3 aromatic heterocycles. The third kappa shape index (κ3) is 5.19. The Hall–Kier alpha value is -3.24. The standard InChI is InChI=1S/C28H32FN7OS/c1-18(2)21-4-5-24(35-13-19(14-35)16-38(3)37)23-12-31-26(10-22(21)23)33-25-6-9-30-27(34-25)20-11-32-36(15-20)17-28(29)7-8-28/h4-6,9-12,15,18-19H,7-8,13-14,16-17H2,1-3H3,(H,30,31,33,34). The van der Waals surface area contributed by atoms with Gasteiger partial charge in [-0.2, -0.15) is 5.10 Å². The van der Waals surface area contributed by atoms with E-state index in [4.69, 9.17) is 4.98 Å². The van der Waals surface area contributed by atoms with Crippen LogP contribution in [0.3, 0.4) is 0 Å². The topological polar surface area (TPSA) is 94.8 Å². The van der Waals surface area contributed by atoms with Gasteiger partial charge in [0.05, 0.1) is 24.6 Å². The molecule has 0 bridgehead atoms. The zero-order valence-electron chi connectivity index (χ0n) is 21.9. The highest BCUT2D eigenvalue weighted by atomic mass is 32.2. The summed E-state index contributed by atoms with van der Waals surface area (Å²) in [6, 6.07) is 8.29. The Kier molecular flexibility index (Phi) is 6.47. The summed E-state index contributed by atoms with van der Waals surface area (Å²) in [5, 5.41) is 9.91. The van der Waals surface area contributed by atoms with Crippen LogP contribution in [-0.4, -0.2) is 60.1 Å². The van der Waals surface area contributed by atoms with Gasteiger partial charge in [-0.05, 0) is 47.9 Å². The lowest BCUT2D eigenvalue weighted by molar-refractivity contribution is 0.261. The Labute approximate surface area is 224 Å². The highest BCUT2D eigenvalue weighted by Crippen LogP contribution is 2.41. The van der Waals surface area contributed by atoms with Crippen LogP contribution < -0.4 is 10.2 Å². The number of aromatic nitrogens is 5. The van der Waals surface area contributed by atoms with Crippen molar-refractivity contribution in [2.45, 2.75) is 44.8 Å². The number of nitrogens with zero attached hydrogens (tertiary/aromatic N) is 6. The summed E-state index contributed by atoms with van der Waals surface area (Å²) in [6.45, 7) is 6.50. The first kappa shape index (κ1) is 25.1. The van der Waals surface area contributed by atoms with E-state index in [9.17, 15) is 8.94 Å². The molecule has 0 amide bonds. The van der Waals surface area contributed by atoms with Gasteiger partial charge in [0.25, 0.3) is 0 Å². The maximum atomic E-state index is 14.1. The average molecular weight is 534 g/mol. The molecule has 1 N–H and O–H groups in total. The number of halogens is 1. The quantitative estimate of drug-likeness (QED) is 0.300. The molecule has 0 spiro atoms. The summed E-state index contributed by atoms with van der Waals surface area (Å²) >= 11 is -0.767. The monoisotopic (exact) mass is 533 g/mol. The maximum Gasteiger partial charge on any atom is 0.164 e. The van der Waals surface area contributed by atoms with E-state index in [0.717, 1.165) is 35.2 Å². The van der Waals surface area contributed by atoms with Crippen LogP contribution in [0.1, 0.15) is 38.2 Å². The molecule has 38 heavy (non-hydrogen) atoms. The Balaban J connectivity index is 1.24. The number of alkyl halides is 1. The van der Waals surface area contributed by atoms with E-state index in [1.54, 1.807) is 35.6 Å². The number of hydrogen-bond donors (Lipinski definition) is 1. The van der Waals surface area contributed by atoms with Crippen molar-refractivity contribution in [2.24, 2.45) is 5.92 Å². The molecule has 2 fully saturated rings. The molecule has 1 atom stereocenters. The second kappa shape index (κ2) is 9.81. The van der Waals surface area contributed by atoms with E-state index >= 15 is 0 Å². The Morgan fingerprint density at radius 2 is 1.95 bits per heavy atom. The van der Waals surface area contributed by atoms with Gasteiger partial charge in [-0.1, -0.05) is 31.1 Å². The Bertz CT molecular complexity index is 1460. The van der Waals surface area contributed by atoms with Gasteiger partial charge in [0.1, 0.15) is 23.1 Å². The molecule has 8 nitrogen and oxygen atoms in total. The molecule has 2 aliphatic rings. The predicted octanol–water partition coefficient (Wildman–Crippen LogP) is 5.07. The molecular formula is C28H32FN7OS. The normalized spacial score (nSPS) is 17.6. The summed E-state index contributed by atoms with van der Waals surface area (Å²) in [5.74, 6) is 3.43. The third-order valence-electron chi connectivity index (χ3n) is 7.34. The van der Waals surface area contributed by atoms with Gasteiger partial charge in [0, 0.05) is 48.7 Å². The number of fused-ring (bicyclic) bond motifs is 1. The minimum atomic E-state index is -1.11. The molecule has 1 aromatic carbocycles. The second-order valence-corrected chi connectivity index (χ2v) is 12.4. The number of hydrogen-bond acceptors (Lipinski definition) is 7. The minimum absolute atomic E-state index is 0.266. The first-order valence-electron chi connectivity index (χ1n) is 13.1. The summed E-state index contributed by atoms with van der Waals surface area (Å²) < 4.78 is 27.4. The van der Waals surface area contributed by atoms with E-state index in [1.807, 2.05) is 6.20 Å². The lowest BCUT2D eigenvalue weighted by Crippen LogP contribution is -2.49. The Morgan fingerprint density at radius 1 is 1.13 bits per heavy atom. The van der Waals surface area contributed by atoms with Crippen molar-refractivity contribution in [2.75, 3.05) is 35.3 Å². The first-order valence-corrected chi connectivity index (χ1v) is 14.8. The first-order chi connectivity index (χ1) is 18.3. The zero-order chi connectivity index (χ0) is 26.4. The fraction of sp³-hybridized carbons (Fsp3) is 0.429. The summed E-state index contributed by atoms with van der Waals surface area (Å²) in [7, 11) is 0. The van der Waals surface area contributed by atoms with Crippen molar-refractivity contribution >= 4 is 39.3 Å². The highest BCUT2D eigenvalue weighted by Gasteiger charge is 2.43. The molecule has 1 saturated heterocycles. The third-order valence-corrected chi connectivity index (χ3v) is 8.28. The molecule has 4 heterocycles. The summed E-state index contributed by atoms with van der Waals surface area (Å²) in [5.41, 5.74) is 2.06. The Morgan fingerprint density at radius 3 is 2.68 bits per heavy atom. The van der Waals surface area contributed by atoms with Crippen molar-refractivity contribution in [3.63, 3.8) is 0 Å². The van der Waals surface area contributed by atoms with Crippen molar-refractivity contribution < 1.29 is 8.94 Å². The maximum absolute atomic E-state index is 14.1. The predicted molar refractivity (Wildman–Crippen MR) is 150 cm³/mol. The molecule has 6 rings (SSSR count). The van der Waals surface area contributed by atoms with Crippen molar-refractivity contribution in [1.29, 1.82) is 0 Å². The zero-order valence-corrected chi connectivity index (χ0v) is 22.7. The molecule has 4 aromatic rings. The van der Waals surface area contributed by atoms with E-state index in [1.165, 1.54) is 11.3 Å². The van der Waals surface area contributed by atoms with Gasteiger partial charge in [-0.15, -0.1) is 0 Å². The van der Waals surface area contributed by atoms with Gasteiger partial charge in [0.2, 0.25) is 0 Å². The van der Waals surface area contributed by atoms with Gasteiger partial charge >= 0.3 is 0 Å². The molecule has 10 heteroatoms. The van der Waals surface area contributed by atoms with Crippen molar-refractivity contribution in [3.05, 3.63) is 54.6 Å². The lowest BCUT2D eigenvalue weighted by Gasteiger charge is -2.41. The molecule has 0 radical (unpaired) electrons. The number of nitrogens with one attached hydrogen (secondary N) is 1. The van der Waals surface area contributed by atoms with Crippen LogP contribution in [0.5, 0.6) is 0 Å². The van der Waals surface area contributed by atoms with Crippen LogP contribution >= 0.6 is 0 Å². The van der Waals surface area contributed by atoms with Crippen LogP contribution in [0.25, 0.3) is 22.2 Å². The molecule has 198 valence electrons. The van der Waals surface area contributed by atoms with Crippen molar-refractivity contribution in [1.82, 2.24) is 24.7 Å². The molecule has 1 saturated carbocycles. The van der Waals surface area contributed by atoms with Crippen LogP contribution in [0.4, 0.5) is 21.7 Å². The molecule has 1 aliphatic heterocycles. The van der Waals surface area contributed by atoms with Gasteiger partial charge in [-0.25, -0.2) is 19.3 Å². The average Bonchev–Trinajstić information content (AvgIpc) is 3.40. The number of pyridine rings is 1. The van der Waals surface area contributed by atoms with Crippen molar-refractivity contribution in [3.8, 4) is 11.4 Å². The number of benzene rings is 1. The van der Waals surface area contributed by atoms with E-state index < -0.39 is 16.8 Å². The van der Waals surface area contributed by atoms with Gasteiger partial charge < -0.3 is 14.8 Å². The van der Waals surface area contributed by atoms with Gasteiger partial charge in [0.15, 0.2) is 5.82 Å². The summed E-state index contributed by atoms with van der Waals surface area (Å²) in [6.07, 6.45) is 10.1. The highest BCUT2D eigenvalue weighted by molar-refractivity contribution is 7.90. The largest absolute Gasteiger partial charge is 0.617 e. The van der Waals surface area contributed by atoms with E-state index in [2.05, 4.69) is 57.3 Å². The number of anilines is 3. The van der Waals surface area contributed by atoms with Crippen LogP contribution in [0.2, 0.25) is 0 Å². The molecule has 1 unspecified atom stereocenters. The molecule has 1 aliphatic carbocycles. The SMILES string of the molecule is CC(C)c1ccc(N2CC(C[S+](C)[O-])C2)c2cnc(Nc3ccnc(-c4cnn(CC5(F)CC5)c4)n3)cc12. The van der Waals surface area contributed by atoms with Crippen LogP contribution in [-0.2, 0) is 17.7 Å². The fourth-order valence-electron chi connectivity index (χ4n) is 5.15. The van der Waals surface area contributed by atoms with Crippen LogP contribution in [0, 0.1) is 5.92 Å². The second-order valence-electron chi connectivity index (χ2n) is 10.9. The summed E-state index contributed by atoms with van der Waals surface area (Å²) in [4.78, 5) is 16.1. The minimum Gasteiger partial charge on any atom is -0.617 e. The lowest BCUT2D eigenvalue weighted by atomic mass is 9.93.